The van der Waals surface area contributed by atoms with Gasteiger partial charge in [-0.2, -0.15) is 5.10 Å². The molecule has 74 valence electrons. The summed E-state index contributed by atoms with van der Waals surface area (Å²) in [7, 11) is 1.98. The summed E-state index contributed by atoms with van der Waals surface area (Å²) >= 11 is 0. The Morgan fingerprint density at radius 1 is 1.29 bits per heavy atom. The number of rotatable bonds is 1. The van der Waals surface area contributed by atoms with E-state index in [0.29, 0.717) is 5.92 Å². The van der Waals surface area contributed by atoms with Crippen LogP contribution >= 0.6 is 0 Å². The second kappa shape index (κ2) is 3.12. The van der Waals surface area contributed by atoms with Crippen LogP contribution in [0.1, 0.15) is 30.9 Å². The number of benzene rings is 1. The van der Waals surface area contributed by atoms with Crippen LogP contribution in [-0.2, 0) is 7.05 Å². The molecular formula is C12H16N2. The minimum absolute atomic E-state index is 0.583. The third kappa shape index (κ3) is 1.22. The van der Waals surface area contributed by atoms with Crippen molar-refractivity contribution in [2.75, 3.05) is 0 Å². The topological polar surface area (TPSA) is 17.8 Å². The molecule has 2 nitrogen and oxygen atoms in total. The molecular weight excluding hydrogens is 172 g/mol. The zero-order valence-corrected chi connectivity index (χ0v) is 9.20. The quantitative estimate of drug-likeness (QED) is 0.672. The smallest absolute Gasteiger partial charge is 0.0681 e. The summed E-state index contributed by atoms with van der Waals surface area (Å²) < 4.78 is 1.92. The Labute approximate surface area is 84.5 Å². The summed E-state index contributed by atoms with van der Waals surface area (Å²) in [6, 6.07) is 4.37. The lowest BCUT2D eigenvalue weighted by Gasteiger charge is -2.10. The van der Waals surface area contributed by atoms with Crippen molar-refractivity contribution in [2.24, 2.45) is 7.05 Å². The molecule has 0 saturated heterocycles. The van der Waals surface area contributed by atoms with Crippen LogP contribution in [0.5, 0.6) is 0 Å². The maximum atomic E-state index is 4.27. The molecule has 0 N–H and O–H groups in total. The Morgan fingerprint density at radius 3 is 2.64 bits per heavy atom. The van der Waals surface area contributed by atoms with E-state index in [0.717, 1.165) is 0 Å². The Hall–Kier alpha value is -1.31. The first-order valence-electron chi connectivity index (χ1n) is 5.02. The molecule has 1 heterocycles. The lowest BCUT2D eigenvalue weighted by atomic mass is 9.96. The van der Waals surface area contributed by atoms with Gasteiger partial charge in [0.25, 0.3) is 0 Å². The van der Waals surface area contributed by atoms with Crippen molar-refractivity contribution in [1.29, 1.82) is 0 Å². The predicted molar refractivity (Wildman–Crippen MR) is 59.5 cm³/mol. The van der Waals surface area contributed by atoms with Crippen molar-refractivity contribution in [3.05, 3.63) is 29.5 Å². The van der Waals surface area contributed by atoms with E-state index in [9.17, 15) is 0 Å². The molecule has 0 radical (unpaired) electrons. The summed E-state index contributed by atoms with van der Waals surface area (Å²) in [4.78, 5) is 0. The fourth-order valence-corrected chi connectivity index (χ4v) is 2.01. The third-order valence-corrected chi connectivity index (χ3v) is 2.86. The average molecular weight is 188 g/mol. The number of hydrogen-bond acceptors (Lipinski definition) is 1. The first kappa shape index (κ1) is 9.25. The zero-order valence-electron chi connectivity index (χ0n) is 9.20. The highest BCUT2D eigenvalue weighted by molar-refractivity contribution is 5.83. The van der Waals surface area contributed by atoms with E-state index < -0.39 is 0 Å². The summed E-state index contributed by atoms with van der Waals surface area (Å²) in [6.45, 7) is 6.63. The molecule has 0 aliphatic carbocycles. The second-order valence-electron chi connectivity index (χ2n) is 4.14. The Kier molecular flexibility index (Phi) is 2.06. The number of nitrogens with zero attached hydrogens (tertiary/aromatic N) is 2. The summed E-state index contributed by atoms with van der Waals surface area (Å²) in [5.41, 5.74) is 4.00. The van der Waals surface area contributed by atoms with Gasteiger partial charge in [0.2, 0.25) is 0 Å². The minimum atomic E-state index is 0.583. The third-order valence-electron chi connectivity index (χ3n) is 2.86. The lowest BCUT2D eigenvalue weighted by molar-refractivity contribution is 0.796. The first-order chi connectivity index (χ1) is 6.61. The standard InChI is InChI=1S/C12H16N2/c1-8(2)10-5-6-12-11(9(10)3)7-13-14(12)4/h5-8H,1-4H3. The molecule has 0 unspecified atom stereocenters. The van der Waals surface area contributed by atoms with Gasteiger partial charge in [0.1, 0.15) is 0 Å². The normalized spacial score (nSPS) is 11.5. The highest BCUT2D eigenvalue weighted by atomic mass is 15.2. The van der Waals surface area contributed by atoms with Gasteiger partial charge < -0.3 is 0 Å². The van der Waals surface area contributed by atoms with Gasteiger partial charge in [-0.25, -0.2) is 0 Å². The highest BCUT2D eigenvalue weighted by Gasteiger charge is 2.08. The highest BCUT2D eigenvalue weighted by Crippen LogP contribution is 2.26. The van der Waals surface area contributed by atoms with Crippen LogP contribution in [0, 0.1) is 6.92 Å². The molecule has 2 rings (SSSR count). The van der Waals surface area contributed by atoms with Crippen molar-refractivity contribution in [3.8, 4) is 0 Å². The molecule has 0 spiro atoms. The van der Waals surface area contributed by atoms with Crippen molar-refractivity contribution in [1.82, 2.24) is 9.78 Å². The van der Waals surface area contributed by atoms with Gasteiger partial charge in [0.15, 0.2) is 0 Å². The largest absolute Gasteiger partial charge is 0.268 e. The molecule has 0 amide bonds. The van der Waals surface area contributed by atoms with Crippen molar-refractivity contribution in [3.63, 3.8) is 0 Å². The van der Waals surface area contributed by atoms with Crippen LogP contribution in [-0.4, -0.2) is 9.78 Å². The Morgan fingerprint density at radius 2 is 2.00 bits per heavy atom. The molecule has 1 aromatic carbocycles. The van der Waals surface area contributed by atoms with Crippen LogP contribution < -0.4 is 0 Å². The van der Waals surface area contributed by atoms with Gasteiger partial charge in [-0.3, -0.25) is 4.68 Å². The van der Waals surface area contributed by atoms with Crippen LogP contribution in [0.2, 0.25) is 0 Å². The Balaban J connectivity index is 2.76. The van der Waals surface area contributed by atoms with E-state index in [-0.39, 0.29) is 0 Å². The van der Waals surface area contributed by atoms with Crippen molar-refractivity contribution < 1.29 is 0 Å². The van der Waals surface area contributed by atoms with E-state index in [4.69, 9.17) is 0 Å². The average Bonchev–Trinajstić information content (AvgIpc) is 2.49. The van der Waals surface area contributed by atoms with Gasteiger partial charge in [-0.15, -0.1) is 0 Å². The maximum absolute atomic E-state index is 4.27. The molecule has 0 atom stereocenters. The van der Waals surface area contributed by atoms with E-state index >= 15 is 0 Å². The van der Waals surface area contributed by atoms with Gasteiger partial charge in [0, 0.05) is 12.4 Å². The van der Waals surface area contributed by atoms with Gasteiger partial charge in [-0.1, -0.05) is 19.9 Å². The molecule has 1 aromatic heterocycles. The molecule has 0 aliphatic rings. The van der Waals surface area contributed by atoms with Crippen LogP contribution in [0.3, 0.4) is 0 Å². The van der Waals surface area contributed by atoms with Crippen LogP contribution in [0.15, 0.2) is 18.3 Å². The summed E-state index contributed by atoms with van der Waals surface area (Å²) in [5.74, 6) is 0.583. The number of fused-ring (bicyclic) bond motifs is 1. The number of aryl methyl sites for hydroxylation is 2. The summed E-state index contributed by atoms with van der Waals surface area (Å²) in [6.07, 6.45) is 1.95. The van der Waals surface area contributed by atoms with Gasteiger partial charge in [-0.05, 0) is 30.0 Å². The molecule has 14 heavy (non-hydrogen) atoms. The molecule has 0 saturated carbocycles. The molecule has 2 heteroatoms. The van der Waals surface area contributed by atoms with E-state index in [1.165, 1.54) is 22.0 Å². The first-order valence-corrected chi connectivity index (χ1v) is 5.02. The van der Waals surface area contributed by atoms with E-state index in [1.54, 1.807) is 0 Å². The number of hydrogen-bond donors (Lipinski definition) is 0. The maximum Gasteiger partial charge on any atom is 0.0681 e. The molecule has 2 aromatic rings. The molecule has 0 fully saturated rings. The molecule has 0 aliphatic heterocycles. The van der Waals surface area contributed by atoms with Gasteiger partial charge >= 0.3 is 0 Å². The lowest BCUT2D eigenvalue weighted by Crippen LogP contribution is -1.93. The van der Waals surface area contributed by atoms with Gasteiger partial charge in [0.05, 0.1) is 11.7 Å². The van der Waals surface area contributed by atoms with E-state index in [1.807, 2.05) is 17.9 Å². The fourth-order valence-electron chi connectivity index (χ4n) is 2.01. The fraction of sp³-hybridized carbons (Fsp3) is 0.417. The zero-order chi connectivity index (χ0) is 10.3. The van der Waals surface area contributed by atoms with Crippen LogP contribution in [0.4, 0.5) is 0 Å². The van der Waals surface area contributed by atoms with E-state index in [2.05, 4.69) is 38.0 Å². The predicted octanol–water partition coefficient (Wildman–Crippen LogP) is 3.01. The van der Waals surface area contributed by atoms with Crippen molar-refractivity contribution in [2.45, 2.75) is 26.7 Å². The molecule has 0 bridgehead atoms. The van der Waals surface area contributed by atoms with Crippen molar-refractivity contribution >= 4 is 10.9 Å². The number of aromatic nitrogens is 2. The summed E-state index contributed by atoms with van der Waals surface area (Å²) in [5, 5.41) is 5.55. The monoisotopic (exact) mass is 188 g/mol. The SMILES string of the molecule is Cc1c(C(C)C)ccc2c1cnn2C. The minimum Gasteiger partial charge on any atom is -0.268 e. The second-order valence-corrected chi connectivity index (χ2v) is 4.14. The Bertz CT molecular complexity index is 466. The van der Waals surface area contributed by atoms with Crippen LogP contribution in [0.25, 0.3) is 10.9 Å².